The molecule has 7 heteroatoms. The number of carbonyl (C=O) groups is 1. The maximum Gasteiger partial charge on any atom is 0.322 e. The molecule has 94 valence electrons. The molecule has 2 aromatic heterocycles. The second-order valence-electron chi connectivity index (χ2n) is 4.13. The van der Waals surface area contributed by atoms with Gasteiger partial charge in [0.1, 0.15) is 0 Å². The molecular weight excluding hydrogens is 302 g/mol. The summed E-state index contributed by atoms with van der Waals surface area (Å²) < 4.78 is 11.2. The molecule has 0 unspecified atom stereocenters. The van der Waals surface area contributed by atoms with Crippen molar-refractivity contribution >= 4 is 27.9 Å². The average molecular weight is 312 g/mol. The van der Waals surface area contributed by atoms with E-state index in [2.05, 4.69) is 31.4 Å². The number of anilines is 1. The zero-order chi connectivity index (χ0) is 12.5. The summed E-state index contributed by atoms with van der Waals surface area (Å²) >= 11 is 3.19. The van der Waals surface area contributed by atoms with Crippen molar-refractivity contribution in [2.45, 2.75) is 19.3 Å². The number of hydrogen-bond donors (Lipinski definition) is 1. The molecule has 3 rings (SSSR count). The fourth-order valence-electron chi connectivity index (χ4n) is 1.68. The number of aromatic nitrogens is 2. The first-order valence-corrected chi connectivity index (χ1v) is 6.42. The van der Waals surface area contributed by atoms with Gasteiger partial charge in [0.25, 0.3) is 5.89 Å². The molecule has 0 atom stereocenters. The summed E-state index contributed by atoms with van der Waals surface area (Å²) in [7, 11) is 0. The van der Waals surface area contributed by atoms with Gasteiger partial charge in [-0.05, 0) is 40.9 Å². The van der Waals surface area contributed by atoms with Gasteiger partial charge in [-0.2, -0.15) is 0 Å². The zero-order valence-electron chi connectivity index (χ0n) is 9.35. The number of hydrogen-bond acceptors (Lipinski definition) is 5. The quantitative estimate of drug-likeness (QED) is 0.942. The van der Waals surface area contributed by atoms with Gasteiger partial charge in [0, 0.05) is 5.92 Å². The molecule has 0 radical (unpaired) electrons. The molecule has 1 aliphatic rings. The smallest absolute Gasteiger partial charge is 0.322 e. The Balaban J connectivity index is 1.71. The van der Waals surface area contributed by atoms with Crippen LogP contribution in [-0.2, 0) is 4.79 Å². The van der Waals surface area contributed by atoms with Crippen LogP contribution in [-0.4, -0.2) is 16.1 Å². The number of rotatable bonds is 3. The van der Waals surface area contributed by atoms with E-state index in [9.17, 15) is 4.79 Å². The highest BCUT2D eigenvalue weighted by atomic mass is 79.9. The lowest BCUT2D eigenvalue weighted by Crippen LogP contribution is -2.28. The summed E-state index contributed by atoms with van der Waals surface area (Å²) in [4.78, 5) is 11.7. The lowest BCUT2D eigenvalue weighted by Gasteiger charge is -2.22. The van der Waals surface area contributed by atoms with E-state index in [0.29, 0.717) is 10.4 Å². The van der Waals surface area contributed by atoms with Gasteiger partial charge in [-0.15, -0.1) is 5.10 Å². The minimum Gasteiger partial charge on any atom is -0.444 e. The van der Waals surface area contributed by atoms with Gasteiger partial charge in [-0.3, -0.25) is 10.1 Å². The second-order valence-corrected chi connectivity index (χ2v) is 4.91. The predicted molar refractivity (Wildman–Crippen MR) is 65.7 cm³/mol. The summed E-state index contributed by atoms with van der Waals surface area (Å²) in [6.07, 6.45) is 2.96. The molecule has 1 saturated carbocycles. The lowest BCUT2D eigenvalue weighted by molar-refractivity contribution is -0.122. The Morgan fingerprint density at radius 2 is 2.17 bits per heavy atom. The highest BCUT2D eigenvalue weighted by molar-refractivity contribution is 9.10. The maximum absolute atomic E-state index is 11.7. The van der Waals surface area contributed by atoms with Crippen LogP contribution in [0.1, 0.15) is 19.3 Å². The number of amides is 1. The largest absolute Gasteiger partial charge is 0.444 e. The third-order valence-electron chi connectivity index (χ3n) is 2.92. The van der Waals surface area contributed by atoms with Crippen LogP contribution in [0, 0.1) is 5.92 Å². The normalized spacial score (nSPS) is 15.4. The third-order valence-corrected chi connectivity index (χ3v) is 3.34. The van der Waals surface area contributed by atoms with E-state index in [1.807, 2.05) is 0 Å². The van der Waals surface area contributed by atoms with Crippen molar-refractivity contribution < 1.29 is 13.6 Å². The minimum absolute atomic E-state index is 0.0583. The highest BCUT2D eigenvalue weighted by Crippen LogP contribution is 2.28. The van der Waals surface area contributed by atoms with Gasteiger partial charge in [-0.25, -0.2) is 0 Å². The van der Waals surface area contributed by atoms with E-state index < -0.39 is 0 Å². The Labute approximate surface area is 111 Å². The zero-order valence-corrected chi connectivity index (χ0v) is 10.9. The highest BCUT2D eigenvalue weighted by Gasteiger charge is 2.26. The fourth-order valence-corrected chi connectivity index (χ4v) is 1.99. The molecule has 0 aliphatic heterocycles. The summed E-state index contributed by atoms with van der Waals surface area (Å²) in [6, 6.07) is 3.54. The van der Waals surface area contributed by atoms with Gasteiger partial charge in [0.2, 0.25) is 5.91 Å². The van der Waals surface area contributed by atoms with Gasteiger partial charge in [-0.1, -0.05) is 11.5 Å². The first-order valence-electron chi connectivity index (χ1n) is 5.62. The van der Waals surface area contributed by atoms with Crippen LogP contribution in [0.3, 0.4) is 0 Å². The third kappa shape index (κ3) is 2.17. The molecule has 2 aromatic rings. The Morgan fingerprint density at radius 1 is 1.33 bits per heavy atom. The van der Waals surface area contributed by atoms with Crippen molar-refractivity contribution in [1.29, 1.82) is 0 Å². The Morgan fingerprint density at radius 3 is 2.78 bits per heavy atom. The van der Waals surface area contributed by atoms with E-state index in [-0.39, 0.29) is 23.7 Å². The van der Waals surface area contributed by atoms with Crippen molar-refractivity contribution in [1.82, 2.24) is 10.2 Å². The van der Waals surface area contributed by atoms with Crippen LogP contribution in [0.15, 0.2) is 25.6 Å². The van der Waals surface area contributed by atoms with E-state index in [1.54, 1.807) is 12.1 Å². The predicted octanol–water partition coefficient (Wildman–Crippen LogP) is 2.83. The topological polar surface area (TPSA) is 81.2 Å². The van der Waals surface area contributed by atoms with E-state index in [1.165, 1.54) is 0 Å². The van der Waals surface area contributed by atoms with Crippen molar-refractivity contribution in [3.8, 4) is 11.7 Å². The SMILES string of the molecule is O=C(Nc1nnc(-c2ccc(Br)o2)o1)C1CCC1. The fraction of sp³-hybridized carbons (Fsp3) is 0.364. The van der Waals surface area contributed by atoms with Gasteiger partial charge in [0.15, 0.2) is 10.4 Å². The monoisotopic (exact) mass is 311 g/mol. The Bertz CT molecular complexity index is 574. The average Bonchev–Trinajstić information content (AvgIpc) is 2.84. The molecule has 1 aliphatic carbocycles. The van der Waals surface area contributed by atoms with Crippen LogP contribution in [0.5, 0.6) is 0 Å². The molecule has 0 bridgehead atoms. The van der Waals surface area contributed by atoms with Crippen molar-refractivity contribution in [3.05, 3.63) is 16.8 Å². The van der Waals surface area contributed by atoms with E-state index in [0.717, 1.165) is 19.3 Å². The van der Waals surface area contributed by atoms with Crippen LogP contribution in [0.25, 0.3) is 11.7 Å². The van der Waals surface area contributed by atoms with Crippen molar-refractivity contribution in [3.63, 3.8) is 0 Å². The summed E-state index contributed by atoms with van der Waals surface area (Å²) in [5.74, 6) is 0.721. The van der Waals surface area contributed by atoms with E-state index >= 15 is 0 Å². The number of nitrogens with one attached hydrogen (secondary N) is 1. The number of carbonyl (C=O) groups excluding carboxylic acids is 1. The molecule has 0 spiro atoms. The first kappa shape index (κ1) is 11.5. The van der Waals surface area contributed by atoms with Gasteiger partial charge < -0.3 is 8.83 Å². The maximum atomic E-state index is 11.7. The first-order chi connectivity index (χ1) is 8.72. The lowest BCUT2D eigenvalue weighted by atomic mass is 9.85. The second kappa shape index (κ2) is 4.56. The summed E-state index contributed by atoms with van der Waals surface area (Å²) in [5.41, 5.74) is 0. The van der Waals surface area contributed by atoms with Crippen LogP contribution in [0.4, 0.5) is 6.01 Å². The van der Waals surface area contributed by atoms with Crippen LogP contribution < -0.4 is 5.32 Å². The van der Waals surface area contributed by atoms with Crippen molar-refractivity contribution in [2.75, 3.05) is 5.32 Å². The van der Waals surface area contributed by atoms with Gasteiger partial charge in [0.05, 0.1) is 0 Å². The minimum atomic E-state index is -0.0583. The number of furan rings is 1. The molecule has 2 heterocycles. The molecule has 1 fully saturated rings. The summed E-state index contributed by atoms with van der Waals surface area (Å²) in [6.45, 7) is 0. The molecule has 1 amide bonds. The molecule has 6 nitrogen and oxygen atoms in total. The number of halogens is 1. The van der Waals surface area contributed by atoms with E-state index in [4.69, 9.17) is 8.83 Å². The van der Waals surface area contributed by atoms with Crippen LogP contribution in [0.2, 0.25) is 0 Å². The Hall–Kier alpha value is -1.63. The molecular formula is C11H10BrN3O3. The number of nitrogens with zero attached hydrogens (tertiary/aromatic N) is 2. The van der Waals surface area contributed by atoms with Gasteiger partial charge >= 0.3 is 6.01 Å². The Kier molecular flexibility index (Phi) is 2.91. The molecule has 0 aromatic carbocycles. The summed E-state index contributed by atoms with van der Waals surface area (Å²) in [5, 5.41) is 10.2. The standard InChI is InChI=1S/C11H10BrN3O3/c12-8-5-4-7(17-8)10-14-15-11(18-10)13-9(16)6-2-1-3-6/h4-6H,1-3H2,(H,13,15,16). The molecule has 1 N–H and O–H groups in total. The van der Waals surface area contributed by atoms with Crippen molar-refractivity contribution in [2.24, 2.45) is 5.92 Å². The molecule has 18 heavy (non-hydrogen) atoms. The molecule has 0 saturated heterocycles. The van der Waals surface area contributed by atoms with Crippen LogP contribution >= 0.6 is 15.9 Å².